The maximum Gasteiger partial charge on any atom is 0.274 e. The van der Waals surface area contributed by atoms with E-state index in [0.29, 0.717) is 28.6 Å². The summed E-state index contributed by atoms with van der Waals surface area (Å²) in [4.78, 5) is 48.1. The highest BCUT2D eigenvalue weighted by Crippen LogP contribution is 2.30. The lowest BCUT2D eigenvalue weighted by Gasteiger charge is -2.25. The maximum absolute atomic E-state index is 13.9. The number of ether oxygens (including phenoxy) is 1. The Bertz CT molecular complexity index is 1930. The molecule has 256 valence electrons. The highest BCUT2D eigenvalue weighted by Gasteiger charge is 2.34. The van der Waals surface area contributed by atoms with E-state index in [1.54, 1.807) is 41.3 Å². The molecule has 13 nitrogen and oxygen atoms in total. The molecule has 14 heteroatoms. The number of aliphatic hydroxyl groups is 1. The zero-order chi connectivity index (χ0) is 35.0. The molecule has 0 bridgehead atoms. The lowest BCUT2D eigenvalue weighted by molar-refractivity contribution is -0.125. The van der Waals surface area contributed by atoms with Gasteiger partial charge in [-0.2, -0.15) is 5.21 Å². The number of aliphatic hydroxyl groups excluding tert-OH is 1. The molecule has 0 spiro atoms. The van der Waals surface area contributed by atoms with Gasteiger partial charge in [-0.25, -0.2) is 4.98 Å². The predicted octanol–water partition coefficient (Wildman–Crippen LogP) is 4.27. The van der Waals surface area contributed by atoms with E-state index in [1.807, 2.05) is 74.5 Å². The van der Waals surface area contributed by atoms with Crippen molar-refractivity contribution in [3.05, 3.63) is 120 Å². The first-order valence-electron chi connectivity index (χ1n) is 16.0. The minimum Gasteiger partial charge on any atom is -0.381 e. The van der Waals surface area contributed by atoms with Crippen LogP contribution in [0.2, 0.25) is 0 Å². The number of rotatable bonds is 12. The van der Waals surface area contributed by atoms with E-state index < -0.39 is 24.0 Å². The van der Waals surface area contributed by atoms with Gasteiger partial charge in [0, 0.05) is 21.4 Å². The highest BCUT2D eigenvalue weighted by molar-refractivity contribution is 7.99. The average Bonchev–Trinajstić information content (AvgIpc) is 3.85. The fourth-order valence-electron chi connectivity index (χ4n) is 5.58. The van der Waals surface area contributed by atoms with Crippen LogP contribution >= 0.6 is 11.8 Å². The monoisotopic (exact) mass is 692 g/mol. The summed E-state index contributed by atoms with van der Waals surface area (Å²) >= 11 is 1.49. The van der Waals surface area contributed by atoms with Crippen molar-refractivity contribution in [2.75, 3.05) is 18.7 Å². The van der Waals surface area contributed by atoms with Gasteiger partial charge in [0.05, 0.1) is 18.7 Å². The number of amides is 3. The lowest BCUT2D eigenvalue weighted by atomic mass is 10.00. The molecule has 0 aliphatic carbocycles. The van der Waals surface area contributed by atoms with Gasteiger partial charge in [0.15, 0.2) is 6.10 Å². The number of nitrogens with zero attached hydrogens (tertiary/aromatic N) is 5. The molecule has 1 aliphatic heterocycles. The Hall–Kier alpha value is -5.44. The number of hydrogen-bond acceptors (Lipinski definition) is 10. The number of pyridine rings is 1. The molecule has 0 radical (unpaired) electrons. The van der Waals surface area contributed by atoms with Crippen LogP contribution in [0.5, 0.6) is 0 Å². The van der Waals surface area contributed by atoms with Crippen molar-refractivity contribution in [1.82, 2.24) is 35.8 Å². The number of benzene rings is 3. The fourth-order valence-corrected chi connectivity index (χ4v) is 6.49. The van der Waals surface area contributed by atoms with Gasteiger partial charge in [-0.1, -0.05) is 86.6 Å². The molecule has 5 aromatic rings. The standard InChI is InChI=1S/C36H36N8O5S/c1-22(2)50-27-18-29(38-30(19-27)36(48)44-21-49-20-31(44)24-12-7-4-8-13-24)34(46)39-28(16-23-10-5-3-6-11-23)32(45)35(47)37-26-15-9-14-25(17-26)33-40-42-43-41-33/h3-15,17-19,22,28,31-32,45H,16,20-21H2,1-2H3,(H,37,47)(H,39,46)(H,40,41,42,43)/t28-,31+,32-/m0/s1. The number of carbonyl (C=O) groups is 3. The summed E-state index contributed by atoms with van der Waals surface area (Å²) in [6, 6.07) is 27.5. The van der Waals surface area contributed by atoms with Crippen molar-refractivity contribution in [1.29, 1.82) is 0 Å². The van der Waals surface area contributed by atoms with Crippen LogP contribution < -0.4 is 10.6 Å². The van der Waals surface area contributed by atoms with E-state index in [4.69, 9.17) is 4.74 Å². The second-order valence-corrected chi connectivity index (χ2v) is 13.6. The normalized spacial score (nSPS) is 15.4. The van der Waals surface area contributed by atoms with Crippen molar-refractivity contribution in [2.45, 2.75) is 48.6 Å². The van der Waals surface area contributed by atoms with Crippen LogP contribution in [0.25, 0.3) is 11.4 Å². The van der Waals surface area contributed by atoms with Crippen molar-refractivity contribution in [3.8, 4) is 11.4 Å². The molecule has 2 aromatic heterocycles. The number of nitrogens with one attached hydrogen (secondary N) is 3. The summed E-state index contributed by atoms with van der Waals surface area (Å²) in [5.41, 5.74) is 2.79. The van der Waals surface area contributed by atoms with Gasteiger partial charge < -0.3 is 25.4 Å². The number of hydrogen-bond donors (Lipinski definition) is 4. The SMILES string of the molecule is CC(C)Sc1cc(C(=O)N[C@@H](Cc2ccccc2)[C@H](O)C(=O)Nc2cccc(-c3nn[nH]n3)c2)nc(C(=O)N2COC[C@@H]2c2ccccc2)c1. The number of H-pyrrole nitrogens is 1. The van der Waals surface area contributed by atoms with E-state index in [-0.39, 0.29) is 41.7 Å². The first kappa shape index (κ1) is 34.4. The van der Waals surface area contributed by atoms with Crippen LogP contribution in [0, 0.1) is 0 Å². The summed E-state index contributed by atoms with van der Waals surface area (Å²) in [6.07, 6.45) is -1.52. The number of anilines is 1. The molecule has 50 heavy (non-hydrogen) atoms. The van der Waals surface area contributed by atoms with Gasteiger partial charge in [0.1, 0.15) is 18.1 Å². The Morgan fingerprint density at radius 3 is 2.44 bits per heavy atom. The molecule has 0 unspecified atom stereocenters. The maximum atomic E-state index is 13.9. The number of aromatic nitrogens is 5. The lowest BCUT2D eigenvalue weighted by Crippen LogP contribution is -2.50. The quantitative estimate of drug-likeness (QED) is 0.138. The molecule has 1 fully saturated rings. The average molecular weight is 693 g/mol. The van der Waals surface area contributed by atoms with Gasteiger partial charge in [-0.15, -0.1) is 22.0 Å². The van der Waals surface area contributed by atoms with Gasteiger partial charge in [0.25, 0.3) is 17.7 Å². The molecule has 1 aliphatic rings. The Labute approximate surface area is 292 Å². The van der Waals surface area contributed by atoms with Gasteiger partial charge in [-0.05, 0) is 47.0 Å². The third-order valence-corrected chi connectivity index (χ3v) is 8.93. The third-order valence-electron chi connectivity index (χ3n) is 7.95. The number of thioether (sulfide) groups is 1. The fraction of sp³-hybridized carbons (Fsp3) is 0.250. The van der Waals surface area contributed by atoms with Crippen molar-refractivity contribution in [2.24, 2.45) is 0 Å². The molecule has 3 aromatic carbocycles. The Balaban J connectivity index is 1.25. The van der Waals surface area contributed by atoms with Crippen LogP contribution in [0.1, 0.15) is 52.0 Å². The van der Waals surface area contributed by atoms with E-state index in [9.17, 15) is 19.5 Å². The van der Waals surface area contributed by atoms with Crippen LogP contribution in [-0.2, 0) is 16.0 Å². The van der Waals surface area contributed by atoms with Crippen molar-refractivity contribution in [3.63, 3.8) is 0 Å². The largest absolute Gasteiger partial charge is 0.381 e. The first-order chi connectivity index (χ1) is 24.2. The number of carbonyl (C=O) groups excluding carboxylic acids is 3. The third kappa shape index (κ3) is 8.40. The zero-order valence-corrected chi connectivity index (χ0v) is 28.2. The Kier molecular flexibility index (Phi) is 10.9. The molecular formula is C36H36N8O5S. The van der Waals surface area contributed by atoms with E-state index in [1.165, 1.54) is 11.8 Å². The van der Waals surface area contributed by atoms with Crippen molar-refractivity contribution >= 4 is 35.2 Å². The van der Waals surface area contributed by atoms with E-state index in [2.05, 4.69) is 36.2 Å². The number of tetrazole rings is 1. The predicted molar refractivity (Wildman–Crippen MR) is 187 cm³/mol. The molecule has 3 amide bonds. The highest BCUT2D eigenvalue weighted by atomic mass is 32.2. The van der Waals surface area contributed by atoms with E-state index >= 15 is 0 Å². The topological polar surface area (TPSA) is 175 Å². The van der Waals surface area contributed by atoms with Crippen LogP contribution in [0.3, 0.4) is 0 Å². The Morgan fingerprint density at radius 2 is 1.72 bits per heavy atom. The summed E-state index contributed by atoms with van der Waals surface area (Å²) in [7, 11) is 0. The number of aromatic amines is 1. The molecule has 3 heterocycles. The first-order valence-corrected chi connectivity index (χ1v) is 16.9. The smallest absolute Gasteiger partial charge is 0.274 e. The van der Waals surface area contributed by atoms with Crippen molar-refractivity contribution < 1.29 is 24.2 Å². The Morgan fingerprint density at radius 1 is 0.980 bits per heavy atom. The van der Waals surface area contributed by atoms with Crippen LogP contribution in [0.4, 0.5) is 5.69 Å². The van der Waals surface area contributed by atoms with E-state index in [0.717, 1.165) is 11.1 Å². The van der Waals surface area contributed by atoms with Gasteiger partial charge in [-0.3, -0.25) is 14.4 Å². The summed E-state index contributed by atoms with van der Waals surface area (Å²) < 4.78 is 5.68. The van der Waals surface area contributed by atoms with Crippen LogP contribution in [-0.4, -0.2) is 84.1 Å². The van der Waals surface area contributed by atoms with Gasteiger partial charge >= 0.3 is 0 Å². The molecule has 4 N–H and O–H groups in total. The minimum atomic E-state index is -1.66. The second-order valence-electron chi connectivity index (χ2n) is 12.0. The van der Waals surface area contributed by atoms with Crippen LogP contribution in [0.15, 0.2) is 102 Å². The molecule has 6 rings (SSSR count). The summed E-state index contributed by atoms with van der Waals surface area (Å²) in [5, 5.41) is 31.0. The summed E-state index contributed by atoms with van der Waals surface area (Å²) in [6.45, 7) is 4.44. The van der Waals surface area contributed by atoms with Gasteiger partial charge in [0.2, 0.25) is 5.82 Å². The summed E-state index contributed by atoms with van der Waals surface area (Å²) in [5.74, 6) is -1.41. The molecule has 1 saturated heterocycles. The molecule has 0 saturated carbocycles. The zero-order valence-electron chi connectivity index (χ0n) is 27.4. The minimum absolute atomic E-state index is 0.0196. The molecular weight excluding hydrogens is 657 g/mol. The molecule has 3 atom stereocenters. The second kappa shape index (κ2) is 15.8.